The van der Waals surface area contributed by atoms with Gasteiger partial charge in [-0.05, 0) is 19.3 Å². The van der Waals surface area contributed by atoms with Crippen LogP contribution < -0.4 is 5.32 Å². The van der Waals surface area contributed by atoms with Crippen molar-refractivity contribution in [3.05, 3.63) is 15.6 Å². The first-order valence-electron chi connectivity index (χ1n) is 6.62. The number of thiazole rings is 1. The first-order valence-corrected chi connectivity index (χ1v) is 7.44. The van der Waals surface area contributed by atoms with Crippen molar-refractivity contribution in [2.75, 3.05) is 13.1 Å². The molecule has 0 unspecified atom stereocenters. The Morgan fingerprint density at radius 3 is 2.75 bits per heavy atom. The molecule has 0 saturated heterocycles. The zero-order valence-corrected chi connectivity index (χ0v) is 10.6. The lowest BCUT2D eigenvalue weighted by atomic mass is 9.90. The molecule has 0 atom stereocenters. The third-order valence-electron chi connectivity index (χ3n) is 3.82. The van der Waals surface area contributed by atoms with Gasteiger partial charge in [0.2, 0.25) is 0 Å². The second-order valence-corrected chi connectivity index (χ2v) is 6.12. The van der Waals surface area contributed by atoms with Gasteiger partial charge in [-0.2, -0.15) is 0 Å². The Kier molecular flexibility index (Phi) is 3.25. The SMILES string of the molecule is C1CCC(c2nc3c(s2)CCNCC3)CC1. The summed E-state index contributed by atoms with van der Waals surface area (Å²) >= 11 is 2.00. The van der Waals surface area contributed by atoms with Crippen molar-refractivity contribution in [3.8, 4) is 0 Å². The van der Waals surface area contributed by atoms with Crippen molar-refractivity contribution in [1.82, 2.24) is 10.3 Å². The van der Waals surface area contributed by atoms with Crippen molar-refractivity contribution in [3.63, 3.8) is 0 Å². The lowest BCUT2D eigenvalue weighted by molar-refractivity contribution is 0.442. The highest BCUT2D eigenvalue weighted by molar-refractivity contribution is 7.11. The van der Waals surface area contributed by atoms with Crippen LogP contribution in [-0.2, 0) is 12.8 Å². The van der Waals surface area contributed by atoms with E-state index in [1.165, 1.54) is 49.2 Å². The first kappa shape index (κ1) is 10.7. The molecule has 0 bridgehead atoms. The van der Waals surface area contributed by atoms with Crippen LogP contribution in [0.2, 0.25) is 0 Å². The molecule has 0 spiro atoms. The van der Waals surface area contributed by atoms with E-state index in [0.717, 1.165) is 25.4 Å². The summed E-state index contributed by atoms with van der Waals surface area (Å²) in [4.78, 5) is 6.47. The Bertz CT molecular complexity index is 329. The fraction of sp³-hybridized carbons (Fsp3) is 0.769. The van der Waals surface area contributed by atoms with Crippen LogP contribution in [0, 0.1) is 0 Å². The lowest BCUT2D eigenvalue weighted by Gasteiger charge is -2.19. The Balaban J connectivity index is 1.80. The highest BCUT2D eigenvalue weighted by Gasteiger charge is 2.21. The average Bonchev–Trinajstić information content (AvgIpc) is 2.62. The zero-order chi connectivity index (χ0) is 10.8. The van der Waals surface area contributed by atoms with Crippen LogP contribution in [0.25, 0.3) is 0 Å². The van der Waals surface area contributed by atoms with Crippen molar-refractivity contribution < 1.29 is 0 Å². The molecule has 1 fully saturated rings. The molecule has 1 N–H and O–H groups in total. The molecule has 2 heterocycles. The number of hydrogen-bond donors (Lipinski definition) is 1. The van der Waals surface area contributed by atoms with Gasteiger partial charge < -0.3 is 5.32 Å². The van der Waals surface area contributed by atoms with Gasteiger partial charge in [0.25, 0.3) is 0 Å². The summed E-state index contributed by atoms with van der Waals surface area (Å²) in [6, 6.07) is 0. The molecule has 2 nitrogen and oxygen atoms in total. The molecular weight excluding hydrogens is 216 g/mol. The van der Waals surface area contributed by atoms with E-state index in [0.29, 0.717) is 0 Å². The Hall–Kier alpha value is -0.410. The molecule has 16 heavy (non-hydrogen) atoms. The largest absolute Gasteiger partial charge is 0.316 e. The van der Waals surface area contributed by atoms with Crippen LogP contribution in [0.1, 0.15) is 53.6 Å². The molecule has 1 aliphatic heterocycles. The first-order chi connectivity index (χ1) is 7.93. The van der Waals surface area contributed by atoms with E-state index < -0.39 is 0 Å². The van der Waals surface area contributed by atoms with E-state index in [-0.39, 0.29) is 0 Å². The van der Waals surface area contributed by atoms with Crippen LogP contribution in [0.3, 0.4) is 0 Å². The lowest BCUT2D eigenvalue weighted by Crippen LogP contribution is -2.16. The van der Waals surface area contributed by atoms with E-state index in [2.05, 4.69) is 5.32 Å². The number of nitrogens with one attached hydrogen (secondary N) is 1. The minimum absolute atomic E-state index is 0.790. The maximum absolute atomic E-state index is 4.91. The fourth-order valence-corrected chi connectivity index (χ4v) is 4.13. The molecule has 2 aliphatic rings. The van der Waals surface area contributed by atoms with Crippen LogP contribution >= 0.6 is 11.3 Å². The third-order valence-corrected chi connectivity index (χ3v) is 5.14. The van der Waals surface area contributed by atoms with Gasteiger partial charge in [0.1, 0.15) is 0 Å². The van der Waals surface area contributed by atoms with Crippen molar-refractivity contribution in [1.29, 1.82) is 0 Å². The number of hydrogen-bond acceptors (Lipinski definition) is 3. The highest BCUT2D eigenvalue weighted by Crippen LogP contribution is 2.36. The molecule has 1 aliphatic carbocycles. The molecule has 3 heteroatoms. The number of fused-ring (bicyclic) bond motifs is 1. The minimum atomic E-state index is 0.790. The maximum atomic E-state index is 4.91. The molecule has 1 saturated carbocycles. The quantitative estimate of drug-likeness (QED) is 0.811. The van der Waals surface area contributed by atoms with Gasteiger partial charge in [0.15, 0.2) is 0 Å². The monoisotopic (exact) mass is 236 g/mol. The van der Waals surface area contributed by atoms with Gasteiger partial charge in [-0.3, -0.25) is 0 Å². The second-order valence-electron chi connectivity index (χ2n) is 5.01. The van der Waals surface area contributed by atoms with Gasteiger partial charge in [-0.25, -0.2) is 4.98 Å². The summed E-state index contributed by atoms with van der Waals surface area (Å²) in [6.45, 7) is 2.25. The molecule has 1 aromatic heterocycles. The summed E-state index contributed by atoms with van der Waals surface area (Å²) < 4.78 is 0. The molecule has 0 aromatic carbocycles. The normalized spacial score (nSPS) is 22.8. The second kappa shape index (κ2) is 4.84. The number of aromatic nitrogens is 1. The fourth-order valence-electron chi connectivity index (χ4n) is 2.85. The van der Waals surface area contributed by atoms with Crippen molar-refractivity contribution >= 4 is 11.3 Å². The van der Waals surface area contributed by atoms with Crippen LogP contribution in [0.15, 0.2) is 0 Å². The highest BCUT2D eigenvalue weighted by atomic mass is 32.1. The topological polar surface area (TPSA) is 24.9 Å². The maximum Gasteiger partial charge on any atom is 0.0962 e. The average molecular weight is 236 g/mol. The van der Waals surface area contributed by atoms with E-state index >= 15 is 0 Å². The molecule has 88 valence electrons. The zero-order valence-electron chi connectivity index (χ0n) is 9.80. The Labute approximate surface area is 101 Å². The standard InChI is InChI=1S/C13H20N2S/c1-2-4-10(5-3-1)13-15-11-6-8-14-9-7-12(11)16-13/h10,14H,1-9H2. The molecule has 1 aromatic rings. The summed E-state index contributed by atoms with van der Waals surface area (Å²) in [5.41, 5.74) is 1.40. The summed E-state index contributed by atoms with van der Waals surface area (Å²) in [5.74, 6) is 0.790. The summed E-state index contributed by atoms with van der Waals surface area (Å²) in [6.07, 6.45) is 9.35. The Morgan fingerprint density at radius 1 is 1.06 bits per heavy atom. The smallest absolute Gasteiger partial charge is 0.0962 e. The van der Waals surface area contributed by atoms with Gasteiger partial charge in [-0.1, -0.05) is 19.3 Å². The van der Waals surface area contributed by atoms with Crippen molar-refractivity contribution in [2.24, 2.45) is 0 Å². The predicted molar refractivity (Wildman–Crippen MR) is 68.2 cm³/mol. The van der Waals surface area contributed by atoms with Crippen LogP contribution in [0.5, 0.6) is 0 Å². The molecular formula is C13H20N2S. The van der Waals surface area contributed by atoms with E-state index in [4.69, 9.17) is 4.98 Å². The molecule has 0 amide bonds. The van der Waals surface area contributed by atoms with Crippen LogP contribution in [0.4, 0.5) is 0 Å². The van der Waals surface area contributed by atoms with Crippen molar-refractivity contribution in [2.45, 2.75) is 50.9 Å². The summed E-state index contributed by atoms with van der Waals surface area (Å²) in [5, 5.41) is 4.90. The van der Waals surface area contributed by atoms with E-state index in [1.807, 2.05) is 11.3 Å². The van der Waals surface area contributed by atoms with Crippen LogP contribution in [-0.4, -0.2) is 18.1 Å². The molecule has 0 radical (unpaired) electrons. The third kappa shape index (κ3) is 2.16. The number of rotatable bonds is 1. The summed E-state index contributed by atoms with van der Waals surface area (Å²) in [7, 11) is 0. The van der Waals surface area contributed by atoms with Gasteiger partial charge >= 0.3 is 0 Å². The van der Waals surface area contributed by atoms with Gasteiger partial charge in [-0.15, -0.1) is 11.3 Å². The number of nitrogens with zero attached hydrogens (tertiary/aromatic N) is 1. The van der Waals surface area contributed by atoms with E-state index in [9.17, 15) is 0 Å². The van der Waals surface area contributed by atoms with Gasteiger partial charge in [0.05, 0.1) is 10.7 Å². The van der Waals surface area contributed by atoms with E-state index in [1.54, 1.807) is 4.88 Å². The van der Waals surface area contributed by atoms with Gasteiger partial charge in [0, 0.05) is 30.3 Å². The predicted octanol–water partition coefficient (Wildman–Crippen LogP) is 2.88. The molecule has 3 rings (SSSR count). The minimum Gasteiger partial charge on any atom is -0.316 e. The Morgan fingerprint density at radius 2 is 1.88 bits per heavy atom.